The summed E-state index contributed by atoms with van der Waals surface area (Å²) in [6, 6.07) is 150. The van der Waals surface area contributed by atoms with Crippen molar-refractivity contribution in [2.75, 3.05) is 39.6 Å². The minimum Gasteiger partial charge on any atom is -0.373 e. The first-order valence-corrected chi connectivity index (χ1v) is 51.8. The van der Waals surface area contributed by atoms with Gasteiger partial charge in [0.25, 0.3) is 0 Å². The molecule has 0 N–H and O–H groups in total. The van der Waals surface area contributed by atoms with Crippen LogP contribution in [0.25, 0.3) is 116 Å². The van der Waals surface area contributed by atoms with Crippen molar-refractivity contribution in [1.29, 1.82) is 0 Å². The molecular formula is C137H113NO6. The van der Waals surface area contributed by atoms with Gasteiger partial charge in [0.15, 0.2) is 0 Å². The van der Waals surface area contributed by atoms with E-state index in [1.165, 1.54) is 249 Å². The van der Waals surface area contributed by atoms with Crippen LogP contribution in [0.3, 0.4) is 0 Å². The highest BCUT2D eigenvalue weighted by Crippen LogP contribution is 2.62. The third kappa shape index (κ3) is 15.7. The first-order valence-electron chi connectivity index (χ1n) is 51.8. The fourth-order valence-electron chi connectivity index (χ4n) is 24.9. The third-order valence-electron chi connectivity index (χ3n) is 32.6. The number of aromatic nitrogens is 1. The van der Waals surface area contributed by atoms with Crippen LogP contribution >= 0.6 is 0 Å². The minimum absolute atomic E-state index is 0.360. The van der Waals surface area contributed by atoms with Gasteiger partial charge in [-0.05, 0) is 301 Å². The van der Waals surface area contributed by atoms with Crippen molar-refractivity contribution in [2.24, 2.45) is 0 Å². The number of rotatable bonds is 22. The van der Waals surface area contributed by atoms with Crippen LogP contribution in [0.4, 0.5) is 0 Å². The predicted octanol–water partition coefficient (Wildman–Crippen LogP) is 30.1. The van der Waals surface area contributed by atoms with E-state index in [2.05, 4.69) is 440 Å². The maximum Gasteiger partial charge on any atom is 0.0850 e. The average Bonchev–Trinajstić information content (AvgIpc) is 1.53. The van der Waals surface area contributed by atoms with Gasteiger partial charge in [-0.25, -0.2) is 0 Å². The van der Waals surface area contributed by atoms with E-state index in [1.54, 1.807) is 0 Å². The average molecular weight is 1870 g/mol. The number of ether oxygens (including phenoxy) is 6. The number of hydrogen-bond acceptors (Lipinski definition) is 6. The van der Waals surface area contributed by atoms with E-state index in [1.807, 2.05) is 0 Å². The molecule has 7 heterocycles. The fraction of sp³-hybridized carbons (Fsp3) is 0.197. The van der Waals surface area contributed by atoms with Crippen LogP contribution in [-0.2, 0) is 83.2 Å². The van der Waals surface area contributed by atoms with Crippen LogP contribution in [0.1, 0.15) is 134 Å². The van der Waals surface area contributed by atoms with Gasteiger partial charge in [0.05, 0.1) is 104 Å². The van der Waals surface area contributed by atoms with Crippen molar-refractivity contribution >= 4 is 43.4 Å². The molecule has 6 unspecified atom stereocenters. The number of nitrogens with zero attached hydrogens (tertiary/aromatic N) is 1. The Balaban J connectivity index is 0.000000108. The Kier molecular flexibility index (Phi) is 21.7. The Morgan fingerprint density at radius 1 is 0.208 bits per heavy atom. The quantitative estimate of drug-likeness (QED) is 0.0629. The summed E-state index contributed by atoms with van der Waals surface area (Å²) >= 11 is 0. The molecule has 0 saturated carbocycles. The van der Waals surface area contributed by atoms with E-state index in [9.17, 15) is 0 Å². The van der Waals surface area contributed by atoms with Crippen LogP contribution in [0.2, 0.25) is 0 Å². The van der Waals surface area contributed by atoms with E-state index in [0.29, 0.717) is 36.6 Å². The first-order chi connectivity index (χ1) is 70.7. The topological polar surface area (TPSA) is 80.1 Å². The Bertz CT molecular complexity index is 8270. The monoisotopic (exact) mass is 1870 g/mol. The van der Waals surface area contributed by atoms with Crippen molar-refractivity contribution in [3.8, 4) is 72.4 Å². The van der Waals surface area contributed by atoms with Gasteiger partial charge in [-0.1, -0.05) is 356 Å². The van der Waals surface area contributed by atoms with Crippen molar-refractivity contribution in [2.45, 2.75) is 133 Å². The number of benzene rings is 19. The van der Waals surface area contributed by atoms with E-state index in [-0.39, 0.29) is 0 Å². The Morgan fingerprint density at radius 2 is 0.514 bits per heavy atom. The molecule has 7 heteroatoms. The molecule has 19 aromatic carbocycles. The van der Waals surface area contributed by atoms with Gasteiger partial charge in [0.2, 0.25) is 0 Å². The normalized spacial score (nSPS) is 20.5. The predicted molar refractivity (Wildman–Crippen MR) is 586 cm³/mol. The molecule has 29 rings (SSSR count). The molecule has 1 aromatic heterocycles. The molecule has 6 saturated heterocycles. The van der Waals surface area contributed by atoms with Gasteiger partial charge in [-0.2, -0.15) is 0 Å². The lowest BCUT2D eigenvalue weighted by atomic mass is 9.67. The van der Waals surface area contributed by atoms with Gasteiger partial charge < -0.3 is 33.0 Å². The molecule has 20 aromatic rings. The molecule has 0 spiro atoms. The van der Waals surface area contributed by atoms with Gasteiger partial charge in [-0.15, -0.1) is 0 Å². The smallest absolute Gasteiger partial charge is 0.0850 e. The van der Waals surface area contributed by atoms with E-state index in [4.69, 9.17) is 28.4 Å². The lowest BCUT2D eigenvalue weighted by molar-refractivity contribution is 0.407. The van der Waals surface area contributed by atoms with Crippen LogP contribution in [0.15, 0.2) is 394 Å². The van der Waals surface area contributed by atoms with Crippen molar-refractivity contribution in [1.82, 2.24) is 4.57 Å². The number of para-hydroxylation sites is 2. The maximum absolute atomic E-state index is 5.60. The fourth-order valence-corrected chi connectivity index (χ4v) is 24.9. The molecule has 0 bridgehead atoms. The summed E-state index contributed by atoms with van der Waals surface area (Å²) in [5.41, 5.74) is 49.6. The molecule has 0 amide bonds. The summed E-state index contributed by atoms with van der Waals surface area (Å²) in [4.78, 5) is 0. The van der Waals surface area contributed by atoms with Gasteiger partial charge in [-0.3, -0.25) is 0 Å². The molecule has 6 fully saturated rings. The Labute approximate surface area is 843 Å². The standard InChI is InChI=1S/C51H41NO2.2C43H36O2/c1-32-12-22-42-45-29-44(36-17-23-50-46(28-36)43-10-6-7-11-49(43)52(50)39-8-4-3-5-9-39)33(2)25-48(45)51(47(42)24-32,37-18-13-34(14-19-37)26-40-30-53-40)38-20-15-35(16-21-38)27-41-31-54-41;1-27-10-19-38-40-24-39(37-9-5-7-31-6-3-4-8-36(31)37)28(2)21-42(40)43(41(38)20-27,32-15-11-29(12-16-32)22-34-25-44-34)33-17-13-30(14-18-33)23-35-26-45-35;1-27-7-18-38-40-24-39(33-13-12-31-5-3-4-6-32(31)23-33)28(2)20-42(40)43(41(38)19-27,34-14-8-29(9-15-34)21-36-25-44-36)35-16-10-30(11-17-35)22-37-26-45-37/h3-25,28-29,40-41H,26-27,30-31H2,1-2H3;3-21,24,34-35H,22-23,25-26H2,1-2H3;3-20,23-24,36-37H,21-22,25-26H2,1-2H3. The second kappa shape index (κ2) is 35.4. The molecule has 0 radical (unpaired) electrons. The summed E-state index contributed by atoms with van der Waals surface area (Å²) in [6.07, 6.45) is 8.06. The molecule has 702 valence electrons. The Morgan fingerprint density at radius 3 is 0.903 bits per heavy atom. The van der Waals surface area contributed by atoms with Crippen molar-refractivity contribution in [3.05, 3.63) is 528 Å². The second-order valence-corrected chi connectivity index (χ2v) is 42.2. The highest BCUT2D eigenvalue weighted by atomic mass is 16.6. The number of epoxide rings is 6. The largest absolute Gasteiger partial charge is 0.373 e. The molecule has 6 aliphatic heterocycles. The van der Waals surface area contributed by atoms with E-state index < -0.39 is 16.2 Å². The summed E-state index contributed by atoms with van der Waals surface area (Å²) in [5, 5.41) is 7.65. The van der Waals surface area contributed by atoms with Gasteiger partial charge in [0, 0.05) is 55.0 Å². The second-order valence-electron chi connectivity index (χ2n) is 42.2. The summed E-state index contributed by atoms with van der Waals surface area (Å²) in [7, 11) is 0. The van der Waals surface area contributed by atoms with E-state index >= 15 is 0 Å². The molecular weight excluding hydrogens is 1760 g/mol. The van der Waals surface area contributed by atoms with Crippen molar-refractivity contribution < 1.29 is 28.4 Å². The van der Waals surface area contributed by atoms with Crippen LogP contribution < -0.4 is 0 Å². The lowest BCUT2D eigenvalue weighted by Crippen LogP contribution is -2.29. The van der Waals surface area contributed by atoms with Crippen LogP contribution in [0, 0.1) is 41.5 Å². The minimum atomic E-state index is -0.462. The zero-order chi connectivity index (χ0) is 96.2. The van der Waals surface area contributed by atoms with Gasteiger partial charge in [0.1, 0.15) is 0 Å². The molecule has 3 aliphatic carbocycles. The number of aryl methyl sites for hydroxylation is 6. The summed E-state index contributed by atoms with van der Waals surface area (Å²) < 4.78 is 35.8. The van der Waals surface area contributed by atoms with Crippen molar-refractivity contribution in [3.63, 3.8) is 0 Å². The zero-order valence-corrected chi connectivity index (χ0v) is 82.4. The summed E-state index contributed by atoms with van der Waals surface area (Å²) in [6.45, 7) is 18.8. The number of hydrogen-bond donors (Lipinski definition) is 0. The molecule has 7 nitrogen and oxygen atoms in total. The first kappa shape index (κ1) is 88.2. The SMILES string of the molecule is Cc1ccc2c(c1)C(c1ccc(CC3CO3)cc1)(c1ccc(CC3CO3)cc1)c1cc(C)c(-c3ccc4c(c3)c3ccccc3n4-c3ccccc3)cc1-2.Cc1ccc2c(c1)C(c1ccc(CC3CO3)cc1)(c1ccc(CC3CO3)cc1)c1cc(C)c(-c3ccc4ccccc4c3)cc1-2.Cc1ccc2c(c1)C(c1ccc(CC3CO3)cc1)(c1ccc(CC3CO3)cc1)c1cc(C)c(-c3cccc4ccccc34)cc1-2. The maximum atomic E-state index is 5.60. The highest BCUT2D eigenvalue weighted by Gasteiger charge is 2.51. The molecule has 9 aliphatic rings. The third-order valence-corrected chi connectivity index (χ3v) is 32.6. The zero-order valence-electron chi connectivity index (χ0n) is 82.4. The Hall–Kier alpha value is -14.7. The lowest BCUT2D eigenvalue weighted by Gasteiger charge is -2.34. The number of fused-ring (bicyclic) bond motifs is 14. The van der Waals surface area contributed by atoms with Gasteiger partial charge >= 0.3 is 0 Å². The van der Waals surface area contributed by atoms with Crippen LogP contribution in [0.5, 0.6) is 0 Å². The van der Waals surface area contributed by atoms with E-state index in [0.717, 1.165) is 78.2 Å². The van der Waals surface area contributed by atoms with Crippen LogP contribution in [-0.4, -0.2) is 80.8 Å². The highest BCUT2D eigenvalue weighted by molar-refractivity contribution is 6.11. The molecule has 144 heavy (non-hydrogen) atoms. The molecule has 6 atom stereocenters. The summed E-state index contributed by atoms with van der Waals surface area (Å²) in [5.74, 6) is 0.